The molecule has 1 fully saturated rings. The third-order valence-electron chi connectivity index (χ3n) is 5.18. The number of methoxy groups -OCH3 is 1. The van der Waals surface area contributed by atoms with Gasteiger partial charge in [0.1, 0.15) is 16.5 Å². The number of carbonyl (C=O) groups is 1. The summed E-state index contributed by atoms with van der Waals surface area (Å²) < 4.78 is 50.7. The zero-order chi connectivity index (χ0) is 22.4. The van der Waals surface area contributed by atoms with Crippen LogP contribution >= 0.6 is 0 Å². The van der Waals surface area contributed by atoms with E-state index in [0.717, 1.165) is 5.56 Å². The molecule has 0 unspecified atom stereocenters. The molecule has 1 heterocycles. The lowest BCUT2D eigenvalue weighted by Gasteiger charge is -2.35. The minimum atomic E-state index is -3.81. The SMILES string of the molecule is CNS(=O)(=O)c1cc(C(=O)NC[C@@H](c2ccc(F)cc2)N2CCOCC2)ccc1OC. The summed E-state index contributed by atoms with van der Waals surface area (Å²) in [7, 11) is -1.16. The maximum atomic E-state index is 13.4. The van der Waals surface area contributed by atoms with Crippen LogP contribution in [-0.2, 0) is 14.8 Å². The van der Waals surface area contributed by atoms with E-state index in [1.807, 2.05) is 0 Å². The van der Waals surface area contributed by atoms with Crippen LogP contribution in [0.15, 0.2) is 47.4 Å². The molecule has 1 aliphatic heterocycles. The zero-order valence-corrected chi connectivity index (χ0v) is 18.2. The number of halogens is 1. The van der Waals surface area contributed by atoms with E-state index in [1.165, 1.54) is 44.5 Å². The molecule has 0 radical (unpaired) electrons. The Labute approximate surface area is 181 Å². The zero-order valence-electron chi connectivity index (χ0n) is 17.4. The lowest BCUT2D eigenvalue weighted by atomic mass is 10.0. The van der Waals surface area contributed by atoms with Gasteiger partial charge >= 0.3 is 0 Å². The molecule has 0 bridgehead atoms. The number of morpholine rings is 1. The van der Waals surface area contributed by atoms with Gasteiger partial charge in [0.2, 0.25) is 10.0 Å². The van der Waals surface area contributed by atoms with E-state index in [-0.39, 0.29) is 34.6 Å². The molecule has 1 saturated heterocycles. The number of nitrogens with zero attached hydrogens (tertiary/aromatic N) is 1. The van der Waals surface area contributed by atoms with Crippen molar-refractivity contribution in [2.75, 3.05) is 47.0 Å². The van der Waals surface area contributed by atoms with Gasteiger partial charge in [0.05, 0.1) is 26.4 Å². The Balaban J connectivity index is 1.80. The molecule has 0 aromatic heterocycles. The lowest BCUT2D eigenvalue weighted by Crippen LogP contribution is -2.43. The van der Waals surface area contributed by atoms with Crippen molar-refractivity contribution in [3.63, 3.8) is 0 Å². The first-order chi connectivity index (χ1) is 14.9. The number of carbonyl (C=O) groups excluding carboxylic acids is 1. The van der Waals surface area contributed by atoms with Crippen molar-refractivity contribution in [1.29, 1.82) is 0 Å². The monoisotopic (exact) mass is 451 g/mol. The third-order valence-corrected chi connectivity index (χ3v) is 6.62. The van der Waals surface area contributed by atoms with E-state index in [2.05, 4.69) is 14.9 Å². The summed E-state index contributed by atoms with van der Waals surface area (Å²) >= 11 is 0. The first kappa shape index (κ1) is 23.1. The van der Waals surface area contributed by atoms with Crippen molar-refractivity contribution in [1.82, 2.24) is 14.9 Å². The third kappa shape index (κ3) is 5.59. The molecule has 2 aromatic carbocycles. The Morgan fingerprint density at radius 1 is 1.19 bits per heavy atom. The number of hydrogen-bond donors (Lipinski definition) is 2. The summed E-state index contributed by atoms with van der Waals surface area (Å²) in [4.78, 5) is 14.9. The summed E-state index contributed by atoms with van der Waals surface area (Å²) in [6.45, 7) is 2.80. The fourth-order valence-electron chi connectivity index (χ4n) is 3.46. The molecule has 1 aliphatic rings. The largest absolute Gasteiger partial charge is 0.495 e. The quantitative estimate of drug-likeness (QED) is 0.632. The molecule has 31 heavy (non-hydrogen) atoms. The van der Waals surface area contributed by atoms with Gasteiger partial charge in [-0.1, -0.05) is 12.1 Å². The Bertz CT molecular complexity index is 1010. The van der Waals surface area contributed by atoms with E-state index in [4.69, 9.17) is 9.47 Å². The van der Waals surface area contributed by atoms with Crippen LogP contribution in [0, 0.1) is 5.82 Å². The van der Waals surface area contributed by atoms with Crippen LogP contribution in [0.3, 0.4) is 0 Å². The molecule has 1 amide bonds. The molecular weight excluding hydrogens is 425 g/mol. The van der Waals surface area contributed by atoms with E-state index in [1.54, 1.807) is 12.1 Å². The van der Waals surface area contributed by atoms with Gasteiger partial charge in [-0.2, -0.15) is 0 Å². The summed E-state index contributed by atoms with van der Waals surface area (Å²) in [6, 6.07) is 10.2. The molecule has 8 nitrogen and oxygen atoms in total. The summed E-state index contributed by atoms with van der Waals surface area (Å²) in [6.07, 6.45) is 0. The summed E-state index contributed by atoms with van der Waals surface area (Å²) in [5.41, 5.74) is 1.06. The van der Waals surface area contributed by atoms with Crippen LogP contribution in [0.5, 0.6) is 5.75 Å². The molecule has 0 spiro atoms. The van der Waals surface area contributed by atoms with Gasteiger partial charge in [-0.25, -0.2) is 17.5 Å². The molecule has 10 heteroatoms. The average Bonchev–Trinajstić information content (AvgIpc) is 2.80. The lowest BCUT2D eigenvalue weighted by molar-refractivity contribution is 0.0162. The fourth-order valence-corrected chi connectivity index (χ4v) is 4.38. The minimum absolute atomic E-state index is 0.117. The van der Waals surface area contributed by atoms with Crippen molar-refractivity contribution >= 4 is 15.9 Å². The van der Waals surface area contributed by atoms with Gasteiger partial charge in [0.25, 0.3) is 5.91 Å². The number of ether oxygens (including phenoxy) is 2. The summed E-state index contributed by atoms with van der Waals surface area (Å²) in [5, 5.41) is 2.87. The second-order valence-electron chi connectivity index (χ2n) is 7.00. The van der Waals surface area contributed by atoms with Gasteiger partial charge in [-0.15, -0.1) is 0 Å². The van der Waals surface area contributed by atoms with Crippen molar-refractivity contribution in [3.8, 4) is 5.75 Å². The highest BCUT2D eigenvalue weighted by molar-refractivity contribution is 7.89. The van der Waals surface area contributed by atoms with Crippen LogP contribution in [0.4, 0.5) is 4.39 Å². The van der Waals surface area contributed by atoms with Crippen molar-refractivity contribution in [2.24, 2.45) is 0 Å². The van der Waals surface area contributed by atoms with Crippen molar-refractivity contribution in [2.45, 2.75) is 10.9 Å². The molecule has 1 atom stereocenters. The number of nitrogens with one attached hydrogen (secondary N) is 2. The highest BCUT2D eigenvalue weighted by Crippen LogP contribution is 2.25. The molecule has 3 rings (SSSR count). The second-order valence-corrected chi connectivity index (χ2v) is 8.85. The average molecular weight is 452 g/mol. The van der Waals surface area contributed by atoms with Crippen molar-refractivity contribution < 1.29 is 27.1 Å². The number of amides is 1. The topological polar surface area (TPSA) is 97.0 Å². The van der Waals surface area contributed by atoms with E-state index in [0.29, 0.717) is 26.3 Å². The Morgan fingerprint density at radius 3 is 2.48 bits per heavy atom. The van der Waals surface area contributed by atoms with Crippen LogP contribution in [0.25, 0.3) is 0 Å². The van der Waals surface area contributed by atoms with E-state index in [9.17, 15) is 17.6 Å². The predicted molar refractivity (Wildman–Crippen MR) is 113 cm³/mol. The highest BCUT2D eigenvalue weighted by Gasteiger charge is 2.24. The Kier molecular flexibility index (Phi) is 7.60. The van der Waals surface area contributed by atoms with Gasteiger partial charge in [0, 0.05) is 25.2 Å². The van der Waals surface area contributed by atoms with Gasteiger partial charge in [-0.05, 0) is 42.9 Å². The van der Waals surface area contributed by atoms with E-state index >= 15 is 0 Å². The first-order valence-corrected chi connectivity index (χ1v) is 11.3. The smallest absolute Gasteiger partial charge is 0.251 e. The molecular formula is C21H26FN3O5S. The molecule has 0 saturated carbocycles. The first-order valence-electron chi connectivity index (χ1n) is 9.82. The normalized spacial score (nSPS) is 16.0. The number of hydrogen-bond acceptors (Lipinski definition) is 6. The van der Waals surface area contributed by atoms with Crippen LogP contribution < -0.4 is 14.8 Å². The van der Waals surface area contributed by atoms with E-state index < -0.39 is 15.9 Å². The maximum absolute atomic E-state index is 13.4. The number of sulfonamides is 1. The fraction of sp³-hybridized carbons (Fsp3) is 0.381. The predicted octanol–water partition coefficient (Wildman–Crippen LogP) is 1.55. The summed E-state index contributed by atoms with van der Waals surface area (Å²) in [5.74, 6) is -0.607. The Hall–Kier alpha value is -2.53. The van der Waals surface area contributed by atoms with Crippen LogP contribution in [0.2, 0.25) is 0 Å². The number of benzene rings is 2. The highest BCUT2D eigenvalue weighted by atomic mass is 32.2. The minimum Gasteiger partial charge on any atom is -0.495 e. The molecule has 2 N–H and O–H groups in total. The van der Waals surface area contributed by atoms with Crippen molar-refractivity contribution in [3.05, 3.63) is 59.4 Å². The standard InChI is InChI=1S/C21H26FN3O5S/c1-23-31(27,28)20-13-16(5-8-19(20)29-2)21(26)24-14-18(25-9-11-30-12-10-25)15-3-6-17(22)7-4-15/h3-8,13,18,23H,9-12,14H2,1-2H3,(H,24,26)/t18-/m0/s1. The van der Waals surface area contributed by atoms with Crippen LogP contribution in [-0.4, -0.2) is 66.2 Å². The Morgan fingerprint density at radius 2 is 1.87 bits per heavy atom. The van der Waals surface area contributed by atoms with Crippen LogP contribution in [0.1, 0.15) is 22.0 Å². The molecule has 168 valence electrons. The second kappa shape index (κ2) is 10.2. The van der Waals surface area contributed by atoms with Gasteiger partial charge in [0.15, 0.2) is 0 Å². The van der Waals surface area contributed by atoms with Gasteiger partial charge < -0.3 is 14.8 Å². The maximum Gasteiger partial charge on any atom is 0.251 e. The van der Waals surface area contributed by atoms with Gasteiger partial charge in [-0.3, -0.25) is 9.69 Å². The number of rotatable bonds is 8. The molecule has 2 aromatic rings. The molecule has 0 aliphatic carbocycles.